The largest absolute Gasteiger partial charge is 0.345 e. The number of fused-ring (bicyclic) bond motifs is 1. The fraction of sp³-hybridized carbons (Fsp3) is 0. The summed E-state index contributed by atoms with van der Waals surface area (Å²) in [5.41, 5.74) is 3.04. The molecule has 0 bridgehead atoms. The van der Waals surface area contributed by atoms with Crippen molar-refractivity contribution in [1.82, 2.24) is 9.97 Å². The Morgan fingerprint density at radius 2 is 1.78 bits per heavy atom. The number of ketones is 1. The van der Waals surface area contributed by atoms with Crippen molar-refractivity contribution in [3.05, 3.63) is 59.9 Å². The predicted molar refractivity (Wildman–Crippen MR) is 73.2 cm³/mol. The molecule has 0 aliphatic heterocycles. The first-order valence-corrected chi connectivity index (χ1v) is 5.95. The van der Waals surface area contributed by atoms with Crippen molar-refractivity contribution in [2.24, 2.45) is 0 Å². The van der Waals surface area contributed by atoms with E-state index in [0.717, 1.165) is 15.9 Å². The van der Waals surface area contributed by atoms with Gasteiger partial charge < -0.3 is 4.98 Å². The summed E-state index contributed by atoms with van der Waals surface area (Å²) in [4.78, 5) is 20.2. The SMILES string of the molecule is O=C(c1ccc(S)cc1)c1ccc2nc[nH]c2c1. The lowest BCUT2D eigenvalue weighted by Crippen LogP contribution is -2.00. The van der Waals surface area contributed by atoms with Gasteiger partial charge in [0.2, 0.25) is 0 Å². The Hall–Kier alpha value is -2.07. The van der Waals surface area contributed by atoms with Crippen LogP contribution < -0.4 is 0 Å². The van der Waals surface area contributed by atoms with Gasteiger partial charge in [0.1, 0.15) is 0 Å². The molecule has 0 amide bonds. The Kier molecular flexibility index (Phi) is 2.64. The maximum absolute atomic E-state index is 12.3. The summed E-state index contributed by atoms with van der Waals surface area (Å²) >= 11 is 4.20. The number of hydrogen-bond donors (Lipinski definition) is 2. The number of nitrogens with one attached hydrogen (secondary N) is 1. The van der Waals surface area contributed by atoms with Gasteiger partial charge in [0.25, 0.3) is 0 Å². The molecule has 0 saturated heterocycles. The van der Waals surface area contributed by atoms with Gasteiger partial charge in [0.05, 0.1) is 17.4 Å². The Labute approximate surface area is 109 Å². The first kappa shape index (κ1) is 11.0. The number of imidazole rings is 1. The molecule has 0 unspecified atom stereocenters. The molecule has 1 heterocycles. The minimum atomic E-state index is -0.000154. The van der Waals surface area contributed by atoms with E-state index in [0.29, 0.717) is 11.1 Å². The molecule has 0 aliphatic carbocycles. The first-order chi connectivity index (χ1) is 8.74. The maximum Gasteiger partial charge on any atom is 0.193 e. The highest BCUT2D eigenvalue weighted by Crippen LogP contribution is 2.16. The average molecular weight is 254 g/mol. The van der Waals surface area contributed by atoms with Crippen molar-refractivity contribution >= 4 is 29.4 Å². The van der Waals surface area contributed by atoms with E-state index in [1.54, 1.807) is 24.5 Å². The fourth-order valence-electron chi connectivity index (χ4n) is 1.86. The Morgan fingerprint density at radius 1 is 1.06 bits per heavy atom. The molecule has 18 heavy (non-hydrogen) atoms. The number of benzene rings is 2. The summed E-state index contributed by atoms with van der Waals surface area (Å²) < 4.78 is 0. The third-order valence-electron chi connectivity index (χ3n) is 2.81. The number of rotatable bonds is 2. The van der Waals surface area contributed by atoms with E-state index in [9.17, 15) is 4.79 Å². The van der Waals surface area contributed by atoms with Crippen LogP contribution in [0.3, 0.4) is 0 Å². The third-order valence-corrected chi connectivity index (χ3v) is 3.11. The van der Waals surface area contributed by atoms with Crippen LogP contribution in [0.5, 0.6) is 0 Å². The van der Waals surface area contributed by atoms with Crippen molar-refractivity contribution in [3.8, 4) is 0 Å². The molecule has 0 fully saturated rings. The van der Waals surface area contributed by atoms with Crippen molar-refractivity contribution < 1.29 is 4.79 Å². The van der Waals surface area contributed by atoms with Crippen molar-refractivity contribution in [3.63, 3.8) is 0 Å². The van der Waals surface area contributed by atoms with Crippen LogP contribution in [0, 0.1) is 0 Å². The molecule has 0 spiro atoms. The van der Waals surface area contributed by atoms with Crippen molar-refractivity contribution in [2.75, 3.05) is 0 Å². The van der Waals surface area contributed by atoms with Crippen LogP contribution in [0.2, 0.25) is 0 Å². The highest BCUT2D eigenvalue weighted by atomic mass is 32.1. The number of H-pyrrole nitrogens is 1. The molecule has 88 valence electrons. The number of hydrogen-bond acceptors (Lipinski definition) is 3. The van der Waals surface area contributed by atoms with Gasteiger partial charge in [-0.2, -0.15) is 0 Å². The van der Waals surface area contributed by atoms with Gasteiger partial charge in [-0.05, 0) is 42.5 Å². The maximum atomic E-state index is 12.3. The Balaban J connectivity index is 2.03. The Morgan fingerprint density at radius 3 is 2.56 bits per heavy atom. The smallest absolute Gasteiger partial charge is 0.193 e. The van der Waals surface area contributed by atoms with Crippen molar-refractivity contribution in [1.29, 1.82) is 0 Å². The molecule has 3 aromatic rings. The molecule has 1 aromatic heterocycles. The predicted octanol–water partition coefficient (Wildman–Crippen LogP) is 3.08. The lowest BCUT2D eigenvalue weighted by Gasteiger charge is -2.01. The molecule has 0 aliphatic rings. The van der Waals surface area contributed by atoms with Crippen LogP contribution in [0.1, 0.15) is 15.9 Å². The number of aromatic amines is 1. The number of thiol groups is 1. The van der Waals surface area contributed by atoms with Gasteiger partial charge >= 0.3 is 0 Å². The summed E-state index contributed by atoms with van der Waals surface area (Å²) in [6.45, 7) is 0. The summed E-state index contributed by atoms with van der Waals surface area (Å²) in [7, 11) is 0. The number of nitrogens with zero attached hydrogens (tertiary/aromatic N) is 1. The fourth-order valence-corrected chi connectivity index (χ4v) is 2.01. The van der Waals surface area contributed by atoms with E-state index in [-0.39, 0.29) is 5.78 Å². The minimum absolute atomic E-state index is 0.000154. The molecular weight excluding hydrogens is 244 g/mol. The van der Waals surface area contributed by atoms with Gasteiger partial charge in [-0.3, -0.25) is 4.79 Å². The highest BCUT2D eigenvalue weighted by molar-refractivity contribution is 7.80. The van der Waals surface area contributed by atoms with Crippen molar-refractivity contribution in [2.45, 2.75) is 4.90 Å². The molecule has 3 rings (SSSR count). The van der Waals surface area contributed by atoms with E-state index in [2.05, 4.69) is 22.6 Å². The monoisotopic (exact) mass is 254 g/mol. The molecular formula is C14H10N2OS. The standard InChI is InChI=1S/C14H10N2OS/c17-14(9-1-4-11(18)5-2-9)10-3-6-12-13(7-10)16-8-15-12/h1-8,18H,(H,15,16). The van der Waals surface area contributed by atoms with Crippen LogP contribution in [0.4, 0.5) is 0 Å². The summed E-state index contributed by atoms with van der Waals surface area (Å²) in [6, 6.07) is 12.6. The van der Waals surface area contributed by atoms with E-state index < -0.39 is 0 Å². The zero-order valence-corrected chi connectivity index (χ0v) is 10.3. The van der Waals surface area contributed by atoms with Gasteiger partial charge in [0, 0.05) is 16.0 Å². The number of carbonyl (C=O) groups excluding carboxylic acids is 1. The molecule has 0 radical (unpaired) electrons. The molecule has 1 N–H and O–H groups in total. The normalized spacial score (nSPS) is 10.7. The minimum Gasteiger partial charge on any atom is -0.345 e. The first-order valence-electron chi connectivity index (χ1n) is 5.51. The second-order valence-electron chi connectivity index (χ2n) is 4.01. The highest BCUT2D eigenvalue weighted by Gasteiger charge is 2.09. The van der Waals surface area contributed by atoms with Gasteiger partial charge in [0.15, 0.2) is 5.78 Å². The zero-order valence-electron chi connectivity index (χ0n) is 9.42. The summed E-state index contributed by atoms with van der Waals surface area (Å²) in [5.74, 6) is -0.000154. The molecule has 4 heteroatoms. The molecule has 3 nitrogen and oxygen atoms in total. The van der Waals surface area contributed by atoms with Gasteiger partial charge in [-0.1, -0.05) is 0 Å². The van der Waals surface area contributed by atoms with E-state index >= 15 is 0 Å². The third kappa shape index (κ3) is 1.91. The lowest BCUT2D eigenvalue weighted by molar-refractivity contribution is 0.103. The van der Waals surface area contributed by atoms with E-state index in [4.69, 9.17) is 0 Å². The molecule has 0 saturated carbocycles. The zero-order chi connectivity index (χ0) is 12.5. The molecule has 2 aromatic carbocycles. The van der Waals surface area contributed by atoms with Gasteiger partial charge in [-0.25, -0.2) is 4.98 Å². The molecule has 0 atom stereocenters. The van der Waals surface area contributed by atoms with E-state index in [1.807, 2.05) is 24.3 Å². The Bertz CT molecular complexity index is 716. The van der Waals surface area contributed by atoms with Gasteiger partial charge in [-0.15, -0.1) is 12.6 Å². The van der Waals surface area contributed by atoms with E-state index in [1.165, 1.54) is 0 Å². The van der Waals surface area contributed by atoms with Crippen LogP contribution >= 0.6 is 12.6 Å². The number of aromatic nitrogens is 2. The van der Waals surface area contributed by atoms with Crippen LogP contribution in [-0.2, 0) is 0 Å². The summed E-state index contributed by atoms with van der Waals surface area (Å²) in [5, 5.41) is 0. The number of carbonyl (C=O) groups is 1. The van der Waals surface area contributed by atoms with Crippen LogP contribution in [-0.4, -0.2) is 15.8 Å². The second-order valence-corrected chi connectivity index (χ2v) is 4.53. The van der Waals surface area contributed by atoms with Crippen LogP contribution in [0.25, 0.3) is 11.0 Å². The average Bonchev–Trinajstić information content (AvgIpc) is 2.86. The quantitative estimate of drug-likeness (QED) is 0.545. The van der Waals surface area contributed by atoms with Crippen LogP contribution in [0.15, 0.2) is 53.7 Å². The summed E-state index contributed by atoms with van der Waals surface area (Å²) in [6.07, 6.45) is 1.62. The second kappa shape index (κ2) is 4.31. The lowest BCUT2D eigenvalue weighted by atomic mass is 10.0. The topological polar surface area (TPSA) is 45.8 Å².